The lowest BCUT2D eigenvalue weighted by Gasteiger charge is -2.14. The summed E-state index contributed by atoms with van der Waals surface area (Å²) in [7, 11) is 0. The summed E-state index contributed by atoms with van der Waals surface area (Å²) >= 11 is 0. The van der Waals surface area contributed by atoms with Crippen LogP contribution in [0, 0.1) is 12.7 Å². The van der Waals surface area contributed by atoms with Crippen molar-refractivity contribution >= 4 is 11.8 Å². The third-order valence-corrected chi connectivity index (χ3v) is 3.21. The summed E-state index contributed by atoms with van der Waals surface area (Å²) in [6.45, 7) is 3.52. The van der Waals surface area contributed by atoms with E-state index in [0.717, 1.165) is 5.56 Å². The molecule has 0 radical (unpaired) electrons. The molecule has 1 heterocycles. The molecule has 0 fully saturated rings. The second kappa shape index (κ2) is 6.89. The molecule has 0 aliphatic carbocycles. The molecule has 2 aromatic rings. The van der Waals surface area contributed by atoms with Gasteiger partial charge in [-0.05, 0) is 37.1 Å². The van der Waals surface area contributed by atoms with Crippen molar-refractivity contribution in [1.82, 2.24) is 10.6 Å². The largest absolute Gasteiger partial charge is 0.472 e. The lowest BCUT2D eigenvalue weighted by atomic mass is 10.1. The molecule has 2 N–H and O–H groups in total. The van der Waals surface area contributed by atoms with Gasteiger partial charge >= 0.3 is 0 Å². The maximum absolute atomic E-state index is 13.2. The number of carbonyl (C=O) groups excluding carboxylic acids is 2. The molecule has 0 saturated heterocycles. The van der Waals surface area contributed by atoms with Crippen molar-refractivity contribution in [3.63, 3.8) is 0 Å². The monoisotopic (exact) mass is 304 g/mol. The molecular formula is C16H17FN2O3. The zero-order valence-electron chi connectivity index (χ0n) is 12.4. The number of amides is 2. The topological polar surface area (TPSA) is 71.3 Å². The van der Waals surface area contributed by atoms with Gasteiger partial charge in [-0.15, -0.1) is 0 Å². The SMILES string of the molecule is Cc1cc(CNC(=O)C(C)NC(=O)c2ccoc2)ccc1F. The average Bonchev–Trinajstić information content (AvgIpc) is 3.02. The molecule has 116 valence electrons. The maximum Gasteiger partial charge on any atom is 0.255 e. The van der Waals surface area contributed by atoms with Gasteiger partial charge in [0.1, 0.15) is 18.1 Å². The number of halogens is 1. The molecule has 1 atom stereocenters. The summed E-state index contributed by atoms with van der Waals surface area (Å²) in [5, 5.41) is 5.26. The molecule has 0 spiro atoms. The van der Waals surface area contributed by atoms with Crippen LogP contribution >= 0.6 is 0 Å². The van der Waals surface area contributed by atoms with E-state index in [1.165, 1.54) is 24.7 Å². The van der Waals surface area contributed by atoms with Gasteiger partial charge in [0.2, 0.25) is 5.91 Å². The molecule has 5 nitrogen and oxygen atoms in total. The first-order valence-corrected chi connectivity index (χ1v) is 6.83. The van der Waals surface area contributed by atoms with Crippen molar-refractivity contribution in [1.29, 1.82) is 0 Å². The second-order valence-corrected chi connectivity index (χ2v) is 5.01. The Labute approximate surface area is 127 Å². The van der Waals surface area contributed by atoms with Crippen LogP contribution in [-0.4, -0.2) is 17.9 Å². The number of aryl methyl sites for hydroxylation is 1. The minimum Gasteiger partial charge on any atom is -0.472 e. The van der Waals surface area contributed by atoms with E-state index in [1.54, 1.807) is 26.0 Å². The third kappa shape index (κ3) is 3.94. The van der Waals surface area contributed by atoms with Crippen molar-refractivity contribution in [3.05, 3.63) is 59.3 Å². The van der Waals surface area contributed by atoms with Gasteiger partial charge < -0.3 is 15.1 Å². The van der Waals surface area contributed by atoms with Gasteiger partial charge in [0.15, 0.2) is 0 Å². The van der Waals surface area contributed by atoms with Gasteiger partial charge in [0.05, 0.1) is 11.8 Å². The summed E-state index contributed by atoms with van der Waals surface area (Å²) in [4.78, 5) is 23.7. The summed E-state index contributed by atoms with van der Waals surface area (Å²) in [5.41, 5.74) is 1.67. The highest BCUT2D eigenvalue weighted by Crippen LogP contribution is 2.09. The Morgan fingerprint density at radius 2 is 2.09 bits per heavy atom. The van der Waals surface area contributed by atoms with E-state index in [1.807, 2.05) is 0 Å². The predicted octanol–water partition coefficient (Wildman–Crippen LogP) is 2.16. The smallest absolute Gasteiger partial charge is 0.255 e. The van der Waals surface area contributed by atoms with Crippen LogP contribution in [-0.2, 0) is 11.3 Å². The fourth-order valence-electron chi connectivity index (χ4n) is 1.90. The number of hydrogen-bond acceptors (Lipinski definition) is 3. The molecule has 1 unspecified atom stereocenters. The van der Waals surface area contributed by atoms with Crippen LogP contribution in [0.25, 0.3) is 0 Å². The van der Waals surface area contributed by atoms with Gasteiger partial charge in [-0.3, -0.25) is 9.59 Å². The van der Waals surface area contributed by atoms with Crippen LogP contribution in [0.5, 0.6) is 0 Å². The van der Waals surface area contributed by atoms with Gasteiger partial charge in [0, 0.05) is 6.54 Å². The number of rotatable bonds is 5. The van der Waals surface area contributed by atoms with E-state index >= 15 is 0 Å². The number of furan rings is 1. The summed E-state index contributed by atoms with van der Waals surface area (Å²) in [6, 6.07) is 5.47. The van der Waals surface area contributed by atoms with E-state index in [2.05, 4.69) is 10.6 Å². The van der Waals surface area contributed by atoms with Crippen molar-refractivity contribution in [2.45, 2.75) is 26.4 Å². The van der Waals surface area contributed by atoms with Gasteiger partial charge in [0.25, 0.3) is 5.91 Å². The van der Waals surface area contributed by atoms with Gasteiger partial charge in [-0.2, -0.15) is 0 Å². The highest BCUT2D eigenvalue weighted by Gasteiger charge is 2.16. The standard InChI is InChI=1S/C16H17FN2O3/c1-10-7-12(3-4-14(10)17)8-18-15(20)11(2)19-16(21)13-5-6-22-9-13/h3-7,9,11H,8H2,1-2H3,(H,18,20)(H,19,21). The van der Waals surface area contributed by atoms with Crippen molar-refractivity contribution < 1.29 is 18.4 Å². The summed E-state index contributed by atoms with van der Waals surface area (Å²) in [5.74, 6) is -0.983. The van der Waals surface area contributed by atoms with Gasteiger partial charge in [-0.25, -0.2) is 4.39 Å². The Morgan fingerprint density at radius 1 is 1.32 bits per heavy atom. The van der Waals surface area contributed by atoms with E-state index in [9.17, 15) is 14.0 Å². The van der Waals surface area contributed by atoms with Crippen molar-refractivity contribution in [3.8, 4) is 0 Å². The van der Waals surface area contributed by atoms with Crippen LogP contribution in [0.15, 0.2) is 41.2 Å². The Hall–Kier alpha value is -2.63. The van der Waals surface area contributed by atoms with E-state index < -0.39 is 6.04 Å². The zero-order chi connectivity index (χ0) is 16.1. The summed E-state index contributed by atoms with van der Waals surface area (Å²) < 4.78 is 18.0. The lowest BCUT2D eigenvalue weighted by Crippen LogP contribution is -2.44. The number of benzene rings is 1. The molecule has 0 bridgehead atoms. The van der Waals surface area contributed by atoms with Crippen LogP contribution in [0.2, 0.25) is 0 Å². The lowest BCUT2D eigenvalue weighted by molar-refractivity contribution is -0.122. The molecule has 0 aliphatic rings. The molecule has 22 heavy (non-hydrogen) atoms. The minimum atomic E-state index is -0.691. The van der Waals surface area contributed by atoms with Crippen LogP contribution in [0.4, 0.5) is 4.39 Å². The highest BCUT2D eigenvalue weighted by molar-refractivity contribution is 5.97. The zero-order valence-corrected chi connectivity index (χ0v) is 12.4. The Bertz CT molecular complexity index is 668. The molecule has 0 saturated carbocycles. The number of carbonyl (C=O) groups is 2. The molecule has 2 rings (SSSR count). The molecule has 0 aliphatic heterocycles. The van der Waals surface area contributed by atoms with Crippen LogP contribution < -0.4 is 10.6 Å². The Kier molecular flexibility index (Phi) is 4.93. The molecule has 6 heteroatoms. The first-order valence-electron chi connectivity index (χ1n) is 6.83. The average molecular weight is 304 g/mol. The Morgan fingerprint density at radius 3 is 2.73 bits per heavy atom. The second-order valence-electron chi connectivity index (χ2n) is 5.01. The maximum atomic E-state index is 13.2. The fraction of sp³-hybridized carbons (Fsp3) is 0.250. The Balaban J connectivity index is 1.86. The van der Waals surface area contributed by atoms with E-state index in [4.69, 9.17) is 4.42 Å². The van der Waals surface area contributed by atoms with Crippen LogP contribution in [0.1, 0.15) is 28.4 Å². The van der Waals surface area contributed by atoms with Crippen LogP contribution in [0.3, 0.4) is 0 Å². The quantitative estimate of drug-likeness (QED) is 0.889. The fourth-order valence-corrected chi connectivity index (χ4v) is 1.90. The first kappa shape index (κ1) is 15.8. The molecular weight excluding hydrogens is 287 g/mol. The van der Waals surface area contributed by atoms with Crippen molar-refractivity contribution in [2.75, 3.05) is 0 Å². The number of nitrogens with one attached hydrogen (secondary N) is 2. The number of hydrogen-bond donors (Lipinski definition) is 2. The molecule has 1 aromatic heterocycles. The van der Waals surface area contributed by atoms with Crippen molar-refractivity contribution in [2.24, 2.45) is 0 Å². The highest BCUT2D eigenvalue weighted by atomic mass is 19.1. The third-order valence-electron chi connectivity index (χ3n) is 3.21. The summed E-state index contributed by atoms with van der Waals surface area (Å²) in [6.07, 6.45) is 2.69. The molecule has 1 aromatic carbocycles. The minimum absolute atomic E-state index is 0.270. The van der Waals surface area contributed by atoms with E-state index in [-0.39, 0.29) is 24.2 Å². The predicted molar refractivity (Wildman–Crippen MR) is 78.6 cm³/mol. The first-order chi connectivity index (χ1) is 10.5. The van der Waals surface area contributed by atoms with E-state index in [0.29, 0.717) is 11.1 Å². The normalized spacial score (nSPS) is 11.8. The molecule has 2 amide bonds. The van der Waals surface area contributed by atoms with Gasteiger partial charge in [-0.1, -0.05) is 12.1 Å².